The Morgan fingerprint density at radius 2 is 1.69 bits per heavy atom. The summed E-state index contributed by atoms with van der Waals surface area (Å²) in [6, 6.07) is 6.66. The molecule has 0 bridgehead atoms. The molecule has 140 valence electrons. The molecule has 0 unspecified atom stereocenters. The van der Waals surface area contributed by atoms with Crippen molar-refractivity contribution in [3.8, 4) is 5.75 Å². The van der Waals surface area contributed by atoms with Crippen molar-refractivity contribution < 1.29 is 35.5 Å². The Bertz CT molecular complexity index is 912. The highest BCUT2D eigenvalue weighted by Gasteiger charge is 2.31. The van der Waals surface area contributed by atoms with Crippen LogP contribution in [-0.2, 0) is 14.8 Å². The molecular formula is C15H12F4N2O4S. The van der Waals surface area contributed by atoms with Crippen molar-refractivity contribution in [2.45, 2.75) is 18.2 Å². The molecule has 0 radical (unpaired) electrons. The van der Waals surface area contributed by atoms with Gasteiger partial charge in [0.2, 0.25) is 5.91 Å². The van der Waals surface area contributed by atoms with Crippen molar-refractivity contribution in [1.29, 1.82) is 0 Å². The van der Waals surface area contributed by atoms with Gasteiger partial charge in [-0.2, -0.15) is 0 Å². The van der Waals surface area contributed by atoms with E-state index in [9.17, 15) is 30.8 Å². The minimum absolute atomic E-state index is 0.0502. The second kappa shape index (κ2) is 7.20. The van der Waals surface area contributed by atoms with Crippen LogP contribution in [0.1, 0.15) is 6.92 Å². The fourth-order valence-corrected chi connectivity index (χ4v) is 2.96. The van der Waals surface area contributed by atoms with Crippen LogP contribution in [0.15, 0.2) is 47.4 Å². The zero-order valence-corrected chi connectivity index (χ0v) is 13.9. The lowest BCUT2D eigenvalue weighted by molar-refractivity contribution is -0.274. The maximum absolute atomic E-state index is 13.6. The lowest BCUT2D eigenvalue weighted by atomic mass is 10.2. The summed E-state index contributed by atoms with van der Waals surface area (Å²) in [4.78, 5) is 10.7. The number of amides is 1. The molecule has 0 saturated carbocycles. The molecule has 0 aromatic heterocycles. The first-order valence-electron chi connectivity index (χ1n) is 6.92. The minimum atomic E-state index is -4.90. The van der Waals surface area contributed by atoms with Gasteiger partial charge in [0.1, 0.15) is 11.6 Å². The van der Waals surface area contributed by atoms with Crippen molar-refractivity contribution in [3.63, 3.8) is 0 Å². The van der Waals surface area contributed by atoms with Crippen molar-refractivity contribution in [3.05, 3.63) is 48.3 Å². The van der Waals surface area contributed by atoms with Gasteiger partial charge in [0.05, 0.1) is 16.3 Å². The number of benzene rings is 2. The van der Waals surface area contributed by atoms with E-state index >= 15 is 0 Å². The van der Waals surface area contributed by atoms with Crippen LogP contribution in [0.5, 0.6) is 5.75 Å². The fourth-order valence-electron chi connectivity index (χ4n) is 1.91. The van der Waals surface area contributed by atoms with E-state index in [0.29, 0.717) is 0 Å². The second-order valence-corrected chi connectivity index (χ2v) is 6.68. The smallest absolute Gasteiger partial charge is 0.406 e. The molecule has 0 spiro atoms. The fraction of sp³-hybridized carbons (Fsp3) is 0.133. The molecule has 26 heavy (non-hydrogen) atoms. The van der Waals surface area contributed by atoms with Gasteiger partial charge in [-0.15, -0.1) is 13.2 Å². The summed E-state index contributed by atoms with van der Waals surface area (Å²) in [5, 5.41) is 2.20. The van der Waals surface area contributed by atoms with Gasteiger partial charge >= 0.3 is 6.36 Å². The molecule has 6 nitrogen and oxygen atoms in total. The molecular weight excluding hydrogens is 380 g/mol. The van der Waals surface area contributed by atoms with E-state index in [4.69, 9.17) is 0 Å². The third-order valence-electron chi connectivity index (χ3n) is 2.90. The predicted molar refractivity (Wildman–Crippen MR) is 84.6 cm³/mol. The highest BCUT2D eigenvalue weighted by Crippen LogP contribution is 2.26. The molecule has 2 aromatic rings. The third-order valence-corrected chi connectivity index (χ3v) is 4.29. The third kappa shape index (κ3) is 5.34. The number of nitrogens with one attached hydrogen (secondary N) is 2. The van der Waals surface area contributed by atoms with Gasteiger partial charge in [-0.05, 0) is 42.5 Å². The summed E-state index contributed by atoms with van der Waals surface area (Å²) in [5.41, 5.74) is -0.280. The van der Waals surface area contributed by atoms with Gasteiger partial charge in [-0.3, -0.25) is 9.52 Å². The molecule has 0 atom stereocenters. The normalized spacial score (nSPS) is 11.7. The van der Waals surface area contributed by atoms with Crippen LogP contribution >= 0.6 is 0 Å². The molecule has 2 rings (SSSR count). The van der Waals surface area contributed by atoms with E-state index in [-0.39, 0.29) is 16.3 Å². The van der Waals surface area contributed by atoms with Gasteiger partial charge in [-0.25, -0.2) is 12.8 Å². The maximum atomic E-state index is 13.6. The Kier molecular flexibility index (Phi) is 5.40. The molecule has 2 N–H and O–H groups in total. The predicted octanol–water partition coefficient (Wildman–Crippen LogP) is 3.48. The SMILES string of the molecule is CC(=O)Nc1cc(NS(=O)(=O)c2ccc(OC(F)(F)F)cc2)ccc1F. The number of carbonyl (C=O) groups is 1. The van der Waals surface area contributed by atoms with Crippen LogP contribution in [0, 0.1) is 5.82 Å². The molecule has 0 aliphatic carbocycles. The molecule has 0 aliphatic heterocycles. The van der Waals surface area contributed by atoms with Crippen LogP contribution in [0.2, 0.25) is 0 Å². The number of halogens is 4. The summed E-state index contributed by atoms with van der Waals surface area (Å²) in [6.07, 6.45) is -4.90. The van der Waals surface area contributed by atoms with Crippen LogP contribution in [0.3, 0.4) is 0 Å². The van der Waals surface area contributed by atoms with E-state index in [1.807, 2.05) is 0 Å². The van der Waals surface area contributed by atoms with Crippen LogP contribution in [0.4, 0.5) is 28.9 Å². The second-order valence-electron chi connectivity index (χ2n) is 5.00. The number of hydrogen-bond donors (Lipinski definition) is 2. The first-order chi connectivity index (χ1) is 12.0. The number of anilines is 2. The zero-order valence-electron chi connectivity index (χ0n) is 13.1. The van der Waals surface area contributed by atoms with Gasteiger partial charge < -0.3 is 10.1 Å². The van der Waals surface area contributed by atoms with Crippen molar-refractivity contribution in [1.82, 2.24) is 0 Å². The van der Waals surface area contributed by atoms with Gasteiger partial charge in [-0.1, -0.05) is 0 Å². The van der Waals surface area contributed by atoms with Gasteiger partial charge in [0.25, 0.3) is 10.0 Å². The van der Waals surface area contributed by atoms with Crippen molar-refractivity contribution in [2.75, 3.05) is 10.0 Å². The minimum Gasteiger partial charge on any atom is -0.406 e. The van der Waals surface area contributed by atoms with Crippen LogP contribution in [-0.4, -0.2) is 20.7 Å². The summed E-state index contributed by atoms with van der Waals surface area (Å²) >= 11 is 0. The summed E-state index contributed by atoms with van der Waals surface area (Å²) in [6.45, 7) is 1.15. The Morgan fingerprint density at radius 1 is 1.08 bits per heavy atom. The Labute approximate surface area is 145 Å². The number of sulfonamides is 1. The van der Waals surface area contributed by atoms with E-state index in [1.165, 1.54) is 0 Å². The van der Waals surface area contributed by atoms with Crippen molar-refractivity contribution in [2.24, 2.45) is 0 Å². The average Bonchev–Trinajstić information content (AvgIpc) is 2.49. The Hall–Kier alpha value is -2.82. The average molecular weight is 392 g/mol. The molecule has 0 saturated heterocycles. The van der Waals surface area contributed by atoms with Crippen LogP contribution in [0.25, 0.3) is 0 Å². The summed E-state index contributed by atoms with van der Waals surface area (Å²) < 4.78 is 80.2. The number of rotatable bonds is 5. The largest absolute Gasteiger partial charge is 0.573 e. The first-order valence-corrected chi connectivity index (χ1v) is 8.40. The maximum Gasteiger partial charge on any atom is 0.573 e. The van der Waals surface area contributed by atoms with Gasteiger partial charge in [0.15, 0.2) is 0 Å². The van der Waals surface area contributed by atoms with Crippen LogP contribution < -0.4 is 14.8 Å². The molecule has 0 aliphatic rings. The molecule has 1 amide bonds. The monoisotopic (exact) mass is 392 g/mol. The molecule has 0 fully saturated rings. The number of hydrogen-bond acceptors (Lipinski definition) is 4. The van der Waals surface area contributed by atoms with Gasteiger partial charge in [0, 0.05) is 6.92 Å². The quantitative estimate of drug-likeness (QED) is 0.763. The van der Waals surface area contributed by atoms with E-state index < -0.39 is 33.9 Å². The molecule has 0 heterocycles. The lowest BCUT2D eigenvalue weighted by Crippen LogP contribution is -2.17. The topological polar surface area (TPSA) is 84.5 Å². The Balaban J connectivity index is 2.22. The highest BCUT2D eigenvalue weighted by molar-refractivity contribution is 7.92. The number of ether oxygens (including phenoxy) is 1. The zero-order chi connectivity index (χ0) is 19.5. The highest BCUT2D eigenvalue weighted by atomic mass is 32.2. The standard InChI is InChI=1S/C15H12F4N2O4S/c1-9(22)20-14-8-10(2-7-13(14)16)21-26(23,24)12-5-3-11(4-6-12)25-15(17,18)19/h2-8,21H,1H3,(H,20,22). The first kappa shape index (κ1) is 19.5. The summed E-state index contributed by atoms with van der Waals surface area (Å²) in [5.74, 6) is -1.90. The van der Waals surface area contributed by atoms with E-state index in [0.717, 1.165) is 49.4 Å². The molecule has 2 aromatic carbocycles. The number of carbonyl (C=O) groups excluding carboxylic acids is 1. The molecule has 11 heteroatoms. The Morgan fingerprint density at radius 3 is 2.23 bits per heavy atom. The number of alkyl halides is 3. The lowest BCUT2D eigenvalue weighted by Gasteiger charge is -2.12. The van der Waals surface area contributed by atoms with Crippen molar-refractivity contribution >= 4 is 27.3 Å². The van der Waals surface area contributed by atoms with E-state index in [1.54, 1.807) is 0 Å². The summed E-state index contributed by atoms with van der Waals surface area (Å²) in [7, 11) is -4.15. The van der Waals surface area contributed by atoms with E-state index in [2.05, 4.69) is 14.8 Å².